The molecule has 1 aliphatic rings. The summed E-state index contributed by atoms with van der Waals surface area (Å²) in [6.07, 6.45) is 0.849. The quantitative estimate of drug-likeness (QED) is 0.562. The summed E-state index contributed by atoms with van der Waals surface area (Å²) in [7, 11) is 1.48. The van der Waals surface area contributed by atoms with Gasteiger partial charge in [0.1, 0.15) is 6.04 Å². The van der Waals surface area contributed by atoms with Crippen molar-refractivity contribution in [2.75, 3.05) is 13.6 Å². The number of carbonyl (C=O) groups is 3. The molecular weight excluding hydrogens is 186 g/mol. The number of likely N-dealkylation sites (N-methyl/N-ethyl adjacent to an activating group) is 1. The lowest BCUT2D eigenvalue weighted by Gasteiger charge is -2.19. The van der Waals surface area contributed by atoms with Crippen molar-refractivity contribution in [3.8, 4) is 0 Å². The number of nitrogens with zero attached hydrogens (tertiary/aromatic N) is 1. The van der Waals surface area contributed by atoms with Crippen molar-refractivity contribution in [1.82, 2.24) is 10.2 Å². The van der Waals surface area contributed by atoms with Gasteiger partial charge in [-0.3, -0.25) is 14.4 Å². The monoisotopic (exact) mass is 199 g/mol. The van der Waals surface area contributed by atoms with Crippen molar-refractivity contribution in [1.29, 1.82) is 0 Å². The van der Waals surface area contributed by atoms with E-state index in [0.29, 0.717) is 12.8 Å². The molecule has 0 aromatic heterocycles. The Morgan fingerprint density at radius 1 is 1.64 bits per heavy atom. The average Bonchev–Trinajstić information content (AvgIpc) is 2.49. The largest absolute Gasteiger partial charge is 0.368 e. The molecule has 1 heterocycles. The van der Waals surface area contributed by atoms with Gasteiger partial charge in [0, 0.05) is 13.5 Å². The molecule has 1 unspecified atom stereocenters. The Labute approximate surface area is 81.4 Å². The molecule has 0 spiro atoms. The lowest BCUT2D eigenvalue weighted by atomic mass is 10.2. The highest BCUT2D eigenvalue weighted by Gasteiger charge is 2.29. The smallest absolute Gasteiger partial charge is 0.245 e. The third kappa shape index (κ3) is 2.45. The van der Waals surface area contributed by atoms with Gasteiger partial charge in [-0.05, 0) is 6.42 Å². The van der Waals surface area contributed by atoms with Crippen molar-refractivity contribution in [2.24, 2.45) is 5.73 Å². The van der Waals surface area contributed by atoms with Gasteiger partial charge in [0.05, 0.1) is 6.54 Å². The van der Waals surface area contributed by atoms with E-state index in [-0.39, 0.29) is 18.4 Å². The maximum atomic E-state index is 11.5. The van der Waals surface area contributed by atoms with E-state index in [1.54, 1.807) is 0 Å². The van der Waals surface area contributed by atoms with Crippen molar-refractivity contribution >= 4 is 17.7 Å². The molecule has 0 aromatic rings. The summed E-state index contributed by atoms with van der Waals surface area (Å²) < 4.78 is 0. The normalized spacial score (nSPS) is 20.4. The SMILES string of the molecule is CN(CC(N)=O)C(=O)C1CCC(=O)N1. The molecule has 1 rings (SSSR count). The summed E-state index contributed by atoms with van der Waals surface area (Å²) in [5.74, 6) is -0.962. The Morgan fingerprint density at radius 2 is 2.29 bits per heavy atom. The number of hydrogen-bond acceptors (Lipinski definition) is 3. The van der Waals surface area contributed by atoms with Crippen LogP contribution >= 0.6 is 0 Å². The minimum Gasteiger partial charge on any atom is -0.368 e. The fraction of sp³-hybridized carbons (Fsp3) is 0.625. The Hall–Kier alpha value is -1.59. The van der Waals surface area contributed by atoms with Crippen molar-refractivity contribution in [2.45, 2.75) is 18.9 Å². The molecule has 1 atom stereocenters. The van der Waals surface area contributed by atoms with Crippen molar-refractivity contribution < 1.29 is 14.4 Å². The molecule has 0 saturated carbocycles. The highest BCUT2D eigenvalue weighted by atomic mass is 16.2. The fourth-order valence-electron chi connectivity index (χ4n) is 1.38. The Bertz CT molecular complexity index is 277. The van der Waals surface area contributed by atoms with Crippen LogP contribution in [-0.4, -0.2) is 42.3 Å². The second kappa shape index (κ2) is 4.08. The predicted octanol–water partition coefficient (Wildman–Crippen LogP) is -1.79. The van der Waals surface area contributed by atoms with Crippen LogP contribution in [0.3, 0.4) is 0 Å². The van der Waals surface area contributed by atoms with E-state index < -0.39 is 11.9 Å². The van der Waals surface area contributed by atoms with Gasteiger partial charge >= 0.3 is 0 Å². The molecule has 1 saturated heterocycles. The first-order chi connectivity index (χ1) is 6.50. The van der Waals surface area contributed by atoms with Gasteiger partial charge in [-0.25, -0.2) is 0 Å². The lowest BCUT2D eigenvalue weighted by molar-refractivity contribution is -0.136. The summed E-state index contributed by atoms with van der Waals surface area (Å²) in [6.45, 7) is -0.120. The van der Waals surface area contributed by atoms with Gasteiger partial charge in [-0.2, -0.15) is 0 Å². The second-order valence-electron chi connectivity index (χ2n) is 3.32. The van der Waals surface area contributed by atoms with Crippen LogP contribution in [0.4, 0.5) is 0 Å². The van der Waals surface area contributed by atoms with Crippen LogP contribution in [0.5, 0.6) is 0 Å². The van der Waals surface area contributed by atoms with Crippen LogP contribution in [0.1, 0.15) is 12.8 Å². The van der Waals surface area contributed by atoms with E-state index in [9.17, 15) is 14.4 Å². The van der Waals surface area contributed by atoms with Crippen LogP contribution in [0.15, 0.2) is 0 Å². The van der Waals surface area contributed by atoms with Crippen molar-refractivity contribution in [3.63, 3.8) is 0 Å². The van der Waals surface area contributed by atoms with E-state index in [1.165, 1.54) is 11.9 Å². The third-order valence-corrected chi connectivity index (χ3v) is 2.06. The number of rotatable bonds is 3. The first-order valence-corrected chi connectivity index (χ1v) is 4.33. The molecule has 6 heteroatoms. The maximum absolute atomic E-state index is 11.5. The summed E-state index contributed by atoms with van der Waals surface area (Å²) >= 11 is 0. The first kappa shape index (κ1) is 10.5. The van der Waals surface area contributed by atoms with Crippen LogP contribution < -0.4 is 11.1 Å². The van der Waals surface area contributed by atoms with E-state index in [4.69, 9.17) is 5.73 Å². The molecule has 1 fully saturated rings. The Kier molecular flexibility index (Phi) is 3.06. The van der Waals surface area contributed by atoms with Crippen LogP contribution in [-0.2, 0) is 14.4 Å². The summed E-state index contributed by atoms with van der Waals surface area (Å²) in [4.78, 5) is 34.1. The maximum Gasteiger partial charge on any atom is 0.245 e. The minimum atomic E-state index is -0.565. The second-order valence-corrected chi connectivity index (χ2v) is 3.32. The number of carbonyl (C=O) groups excluding carboxylic acids is 3. The van der Waals surface area contributed by atoms with Gasteiger partial charge in [-0.1, -0.05) is 0 Å². The average molecular weight is 199 g/mol. The van der Waals surface area contributed by atoms with E-state index in [2.05, 4.69) is 5.32 Å². The topological polar surface area (TPSA) is 92.5 Å². The Balaban J connectivity index is 2.48. The molecule has 3 amide bonds. The lowest BCUT2D eigenvalue weighted by Crippen LogP contribution is -2.45. The van der Waals surface area contributed by atoms with Crippen LogP contribution in [0, 0.1) is 0 Å². The predicted molar refractivity (Wildman–Crippen MR) is 48.0 cm³/mol. The number of nitrogens with one attached hydrogen (secondary N) is 1. The molecule has 0 aromatic carbocycles. The molecule has 3 N–H and O–H groups in total. The number of primary amides is 1. The molecule has 0 radical (unpaired) electrons. The summed E-state index contributed by atoms with van der Waals surface area (Å²) in [5, 5.41) is 2.53. The molecule has 0 bridgehead atoms. The number of hydrogen-bond donors (Lipinski definition) is 2. The van der Waals surface area contributed by atoms with Gasteiger partial charge in [0.2, 0.25) is 17.7 Å². The Morgan fingerprint density at radius 3 is 2.71 bits per heavy atom. The fourth-order valence-corrected chi connectivity index (χ4v) is 1.38. The number of amides is 3. The van der Waals surface area contributed by atoms with Gasteiger partial charge in [-0.15, -0.1) is 0 Å². The van der Waals surface area contributed by atoms with E-state index in [0.717, 1.165) is 0 Å². The van der Waals surface area contributed by atoms with Crippen molar-refractivity contribution in [3.05, 3.63) is 0 Å². The van der Waals surface area contributed by atoms with Gasteiger partial charge in [0.25, 0.3) is 0 Å². The number of nitrogens with two attached hydrogens (primary N) is 1. The molecule has 0 aliphatic carbocycles. The summed E-state index contributed by atoms with van der Waals surface area (Å²) in [5.41, 5.74) is 4.94. The zero-order valence-corrected chi connectivity index (χ0v) is 7.95. The van der Waals surface area contributed by atoms with E-state index in [1.807, 2.05) is 0 Å². The molecule has 78 valence electrons. The zero-order valence-electron chi connectivity index (χ0n) is 7.95. The van der Waals surface area contributed by atoms with E-state index >= 15 is 0 Å². The molecular formula is C8H13N3O3. The van der Waals surface area contributed by atoms with Gasteiger partial charge in [0.15, 0.2) is 0 Å². The summed E-state index contributed by atoms with van der Waals surface area (Å²) in [6, 6.07) is -0.494. The molecule has 6 nitrogen and oxygen atoms in total. The van der Waals surface area contributed by atoms with Gasteiger partial charge < -0.3 is 16.0 Å². The highest BCUT2D eigenvalue weighted by molar-refractivity contribution is 5.92. The molecule has 14 heavy (non-hydrogen) atoms. The third-order valence-electron chi connectivity index (χ3n) is 2.06. The van der Waals surface area contributed by atoms with Crippen LogP contribution in [0.25, 0.3) is 0 Å². The van der Waals surface area contributed by atoms with Crippen LogP contribution in [0.2, 0.25) is 0 Å². The minimum absolute atomic E-state index is 0.120. The highest BCUT2D eigenvalue weighted by Crippen LogP contribution is 2.08. The standard InChI is InChI=1S/C8H13N3O3/c1-11(4-6(9)12)8(14)5-2-3-7(13)10-5/h5H,2-4H2,1H3,(H2,9,12)(H,10,13). The first-order valence-electron chi connectivity index (χ1n) is 4.33. The molecule has 1 aliphatic heterocycles. The zero-order chi connectivity index (χ0) is 10.7.